The third-order valence-corrected chi connectivity index (χ3v) is 2.39. The molecule has 0 spiro atoms. The number of hydrogen-bond donors (Lipinski definition) is 2. The summed E-state index contributed by atoms with van der Waals surface area (Å²) in [5.41, 5.74) is 2.42. The van der Waals surface area contributed by atoms with Gasteiger partial charge in [-0.15, -0.1) is 0 Å². The molecule has 0 saturated carbocycles. The normalized spacial score (nSPS) is 25.5. The van der Waals surface area contributed by atoms with Crippen LogP contribution >= 0.6 is 0 Å². The Hall–Kier alpha value is -0.650. The Labute approximate surface area is 90.5 Å². The van der Waals surface area contributed by atoms with Gasteiger partial charge in [0.1, 0.15) is 0 Å². The monoisotopic (exact) mass is 216 g/mol. The molecule has 1 heterocycles. The Morgan fingerprint density at radius 2 is 2.27 bits per heavy atom. The zero-order chi connectivity index (χ0) is 11.1. The second-order valence-electron chi connectivity index (χ2n) is 3.60. The molecule has 0 aromatic rings. The van der Waals surface area contributed by atoms with Crippen LogP contribution in [0.15, 0.2) is 0 Å². The van der Waals surface area contributed by atoms with Gasteiger partial charge in [-0.1, -0.05) is 6.92 Å². The molecule has 2 atom stereocenters. The average molecular weight is 216 g/mol. The number of carbonyl (C=O) groups is 1. The van der Waals surface area contributed by atoms with E-state index in [0.717, 1.165) is 13.0 Å². The Morgan fingerprint density at radius 1 is 1.47 bits per heavy atom. The molecule has 2 N–H and O–H groups in total. The van der Waals surface area contributed by atoms with Crippen molar-refractivity contribution >= 4 is 5.91 Å². The minimum atomic E-state index is -0.136. The summed E-state index contributed by atoms with van der Waals surface area (Å²) in [6.07, 6.45) is 1.05. The number of rotatable bonds is 6. The molecular weight excluding hydrogens is 196 g/mol. The van der Waals surface area contributed by atoms with Gasteiger partial charge in [-0.05, 0) is 19.9 Å². The van der Waals surface area contributed by atoms with Crippen LogP contribution in [0.5, 0.6) is 0 Å². The molecule has 5 nitrogen and oxygen atoms in total. The lowest BCUT2D eigenvalue weighted by Gasteiger charge is -2.17. The summed E-state index contributed by atoms with van der Waals surface area (Å²) in [6.45, 7) is 6.39. The highest BCUT2D eigenvalue weighted by atomic mass is 16.6. The number of ether oxygens (including phenoxy) is 1. The van der Waals surface area contributed by atoms with Crippen LogP contribution in [0, 0.1) is 5.92 Å². The van der Waals surface area contributed by atoms with Crippen molar-refractivity contribution in [2.24, 2.45) is 5.92 Å². The number of nitrogens with one attached hydrogen (secondary N) is 2. The van der Waals surface area contributed by atoms with Gasteiger partial charge in [0.2, 0.25) is 0 Å². The van der Waals surface area contributed by atoms with E-state index < -0.39 is 0 Å². The zero-order valence-corrected chi connectivity index (χ0v) is 9.41. The Morgan fingerprint density at radius 3 is 2.93 bits per heavy atom. The van der Waals surface area contributed by atoms with Crippen LogP contribution in [-0.2, 0) is 14.4 Å². The van der Waals surface area contributed by atoms with Crippen molar-refractivity contribution in [3.63, 3.8) is 0 Å². The van der Waals surface area contributed by atoms with Crippen molar-refractivity contribution in [1.29, 1.82) is 0 Å². The van der Waals surface area contributed by atoms with E-state index in [1.54, 1.807) is 0 Å². The second-order valence-corrected chi connectivity index (χ2v) is 3.60. The minimum absolute atomic E-state index is 0.0945. The van der Waals surface area contributed by atoms with Gasteiger partial charge in [-0.2, -0.15) is 0 Å². The molecule has 0 aromatic carbocycles. The molecule has 1 amide bonds. The van der Waals surface area contributed by atoms with Crippen LogP contribution < -0.4 is 10.8 Å². The first-order valence-electron chi connectivity index (χ1n) is 5.52. The number of amides is 1. The summed E-state index contributed by atoms with van der Waals surface area (Å²) in [4.78, 5) is 16.5. The minimum Gasteiger partial charge on any atom is -0.379 e. The first kappa shape index (κ1) is 12.4. The molecule has 1 fully saturated rings. The summed E-state index contributed by atoms with van der Waals surface area (Å²) in [5, 5.41) is 3.30. The van der Waals surface area contributed by atoms with Gasteiger partial charge >= 0.3 is 0 Å². The molecule has 1 saturated heterocycles. The van der Waals surface area contributed by atoms with Crippen molar-refractivity contribution in [2.45, 2.75) is 26.3 Å². The zero-order valence-electron chi connectivity index (χ0n) is 9.41. The van der Waals surface area contributed by atoms with Crippen LogP contribution in [0.3, 0.4) is 0 Å². The number of carbonyl (C=O) groups excluding carboxylic acids is 1. The van der Waals surface area contributed by atoms with Crippen LogP contribution in [0.1, 0.15) is 20.3 Å². The SMILES string of the molecule is CCCNC1COCC1C(=O)NOCC. The van der Waals surface area contributed by atoms with Gasteiger partial charge in [0.05, 0.1) is 25.7 Å². The predicted molar refractivity (Wildman–Crippen MR) is 56.2 cm³/mol. The fraction of sp³-hybridized carbons (Fsp3) is 0.900. The van der Waals surface area contributed by atoms with Crippen molar-refractivity contribution < 1.29 is 14.4 Å². The maximum absolute atomic E-state index is 11.6. The van der Waals surface area contributed by atoms with E-state index in [-0.39, 0.29) is 17.9 Å². The van der Waals surface area contributed by atoms with Crippen molar-refractivity contribution in [1.82, 2.24) is 10.8 Å². The van der Waals surface area contributed by atoms with Crippen LogP contribution in [0.2, 0.25) is 0 Å². The van der Waals surface area contributed by atoms with Crippen LogP contribution in [0.4, 0.5) is 0 Å². The lowest BCUT2D eigenvalue weighted by atomic mass is 10.0. The van der Waals surface area contributed by atoms with Gasteiger partial charge in [-0.3, -0.25) is 9.63 Å². The summed E-state index contributed by atoms with van der Waals surface area (Å²) < 4.78 is 5.29. The molecule has 1 aliphatic rings. The lowest BCUT2D eigenvalue weighted by molar-refractivity contribution is -0.137. The molecule has 2 unspecified atom stereocenters. The summed E-state index contributed by atoms with van der Waals surface area (Å²) in [7, 11) is 0. The fourth-order valence-electron chi connectivity index (χ4n) is 1.56. The van der Waals surface area contributed by atoms with Gasteiger partial charge in [0, 0.05) is 6.04 Å². The molecule has 1 aliphatic heterocycles. The molecular formula is C10H20N2O3. The molecule has 1 rings (SSSR count). The molecule has 0 radical (unpaired) electrons. The largest absolute Gasteiger partial charge is 0.379 e. The molecule has 88 valence electrons. The van der Waals surface area contributed by atoms with E-state index in [1.807, 2.05) is 6.92 Å². The van der Waals surface area contributed by atoms with E-state index in [4.69, 9.17) is 9.57 Å². The Bertz CT molecular complexity index is 199. The van der Waals surface area contributed by atoms with Gasteiger partial charge in [-0.25, -0.2) is 5.48 Å². The Balaban J connectivity index is 2.34. The lowest BCUT2D eigenvalue weighted by Crippen LogP contribution is -2.44. The number of hydroxylamine groups is 1. The van der Waals surface area contributed by atoms with E-state index in [9.17, 15) is 4.79 Å². The maximum Gasteiger partial charge on any atom is 0.250 e. The maximum atomic E-state index is 11.6. The number of hydrogen-bond acceptors (Lipinski definition) is 4. The highest BCUT2D eigenvalue weighted by Gasteiger charge is 2.33. The van der Waals surface area contributed by atoms with Crippen molar-refractivity contribution in [3.8, 4) is 0 Å². The predicted octanol–water partition coefficient (Wildman–Crippen LogP) is 0.0687. The summed E-state index contributed by atoms with van der Waals surface area (Å²) in [5.74, 6) is -0.231. The van der Waals surface area contributed by atoms with Gasteiger partial charge in [0.25, 0.3) is 5.91 Å². The quantitative estimate of drug-likeness (QED) is 0.617. The van der Waals surface area contributed by atoms with Crippen molar-refractivity contribution in [2.75, 3.05) is 26.4 Å². The fourth-order valence-corrected chi connectivity index (χ4v) is 1.56. The smallest absolute Gasteiger partial charge is 0.250 e. The average Bonchev–Trinajstić information content (AvgIpc) is 2.71. The van der Waals surface area contributed by atoms with Gasteiger partial charge < -0.3 is 10.1 Å². The molecule has 5 heteroatoms. The van der Waals surface area contributed by atoms with E-state index in [2.05, 4.69) is 17.7 Å². The summed E-state index contributed by atoms with van der Waals surface area (Å²) in [6, 6.07) is 0.116. The second kappa shape index (κ2) is 6.76. The van der Waals surface area contributed by atoms with Gasteiger partial charge in [0.15, 0.2) is 0 Å². The molecule has 0 aliphatic carbocycles. The van der Waals surface area contributed by atoms with E-state index >= 15 is 0 Å². The van der Waals surface area contributed by atoms with Crippen molar-refractivity contribution in [3.05, 3.63) is 0 Å². The topological polar surface area (TPSA) is 59.6 Å². The summed E-state index contributed by atoms with van der Waals surface area (Å²) >= 11 is 0. The van der Waals surface area contributed by atoms with E-state index in [0.29, 0.717) is 19.8 Å². The van der Waals surface area contributed by atoms with Crippen LogP contribution in [-0.4, -0.2) is 38.3 Å². The molecule has 0 bridgehead atoms. The Kier molecular flexibility index (Phi) is 5.60. The third-order valence-electron chi connectivity index (χ3n) is 2.39. The molecule has 0 aromatic heterocycles. The third kappa shape index (κ3) is 3.77. The van der Waals surface area contributed by atoms with Crippen LogP contribution in [0.25, 0.3) is 0 Å². The molecule has 15 heavy (non-hydrogen) atoms. The first-order chi connectivity index (χ1) is 7.29. The highest BCUT2D eigenvalue weighted by Crippen LogP contribution is 2.13. The highest BCUT2D eigenvalue weighted by molar-refractivity contribution is 5.78. The van der Waals surface area contributed by atoms with E-state index in [1.165, 1.54) is 0 Å². The first-order valence-corrected chi connectivity index (χ1v) is 5.52. The standard InChI is InChI=1S/C10H20N2O3/c1-3-5-11-9-7-14-6-8(9)10(13)12-15-4-2/h8-9,11H,3-7H2,1-2H3,(H,12,13).